The molecule has 2 aliphatic heterocycles. The second-order valence-corrected chi connectivity index (χ2v) is 8.71. The third kappa shape index (κ3) is 4.36. The molecule has 1 fully saturated rings. The minimum atomic E-state index is -4.50. The fourth-order valence-electron chi connectivity index (χ4n) is 4.57. The number of fused-ring (bicyclic) bond motifs is 2. The van der Waals surface area contributed by atoms with Crippen LogP contribution in [0, 0.1) is 0 Å². The molecule has 1 amide bonds. The van der Waals surface area contributed by atoms with Gasteiger partial charge in [-0.1, -0.05) is 24.3 Å². The lowest BCUT2D eigenvalue weighted by molar-refractivity contribution is -0.137. The highest BCUT2D eigenvalue weighted by atomic mass is 19.4. The van der Waals surface area contributed by atoms with Crippen LogP contribution in [-0.4, -0.2) is 54.3 Å². The number of carbonyl (C=O) groups excluding carboxylic acids is 1. The Morgan fingerprint density at radius 1 is 1.03 bits per heavy atom. The summed E-state index contributed by atoms with van der Waals surface area (Å²) < 4.78 is 51.5. The van der Waals surface area contributed by atoms with Crippen molar-refractivity contribution in [2.45, 2.75) is 19.1 Å². The molecule has 2 aliphatic rings. The number of amidine groups is 1. The predicted octanol–water partition coefficient (Wildman–Crippen LogP) is 5.74. The summed E-state index contributed by atoms with van der Waals surface area (Å²) in [7, 11) is 1.53. The largest absolute Gasteiger partial charge is 0.496 e. The molecular weight excluding hydrogens is 471 g/mol. The monoisotopic (exact) mass is 495 g/mol. The number of halogens is 3. The summed E-state index contributed by atoms with van der Waals surface area (Å²) in [4.78, 5) is 21.7. The van der Waals surface area contributed by atoms with Gasteiger partial charge in [0.15, 0.2) is 5.75 Å². The Bertz CT molecular complexity index is 1340. The van der Waals surface area contributed by atoms with E-state index in [1.807, 2.05) is 30.0 Å². The fourth-order valence-corrected chi connectivity index (χ4v) is 4.57. The van der Waals surface area contributed by atoms with Crippen molar-refractivity contribution in [3.63, 3.8) is 0 Å². The molecule has 0 bridgehead atoms. The van der Waals surface area contributed by atoms with Gasteiger partial charge < -0.3 is 19.3 Å². The van der Waals surface area contributed by atoms with Crippen molar-refractivity contribution in [3.05, 3.63) is 83.4 Å². The second kappa shape index (κ2) is 9.22. The molecular formula is C27H24F3N3O3. The van der Waals surface area contributed by atoms with E-state index in [-0.39, 0.29) is 23.4 Å². The third-order valence-corrected chi connectivity index (χ3v) is 6.39. The number of methoxy groups -OCH3 is 1. The minimum absolute atomic E-state index is 0.108. The molecule has 2 heterocycles. The van der Waals surface area contributed by atoms with Crippen LogP contribution < -0.4 is 9.47 Å². The number of nitrogens with zero attached hydrogens (tertiary/aromatic N) is 3. The molecule has 0 radical (unpaired) electrons. The normalized spacial score (nSPS) is 17.4. The Kier molecular flexibility index (Phi) is 6.07. The number of hydrogen-bond acceptors (Lipinski definition) is 5. The van der Waals surface area contributed by atoms with Gasteiger partial charge in [-0.05, 0) is 49.4 Å². The van der Waals surface area contributed by atoms with E-state index in [9.17, 15) is 18.0 Å². The number of carbonyl (C=O) groups is 1. The topological polar surface area (TPSA) is 54.4 Å². The van der Waals surface area contributed by atoms with Crippen LogP contribution in [0.25, 0.3) is 0 Å². The zero-order valence-electron chi connectivity index (χ0n) is 19.7. The van der Waals surface area contributed by atoms with Gasteiger partial charge in [0.1, 0.15) is 23.0 Å². The van der Waals surface area contributed by atoms with Crippen molar-refractivity contribution in [2.24, 2.45) is 4.99 Å². The van der Waals surface area contributed by atoms with Crippen LogP contribution in [0.4, 0.5) is 18.9 Å². The summed E-state index contributed by atoms with van der Waals surface area (Å²) in [6.45, 7) is 3.25. The number of piperazine rings is 1. The van der Waals surface area contributed by atoms with Crippen LogP contribution in [0.2, 0.25) is 0 Å². The zero-order valence-corrected chi connectivity index (χ0v) is 19.7. The molecule has 1 unspecified atom stereocenters. The van der Waals surface area contributed by atoms with E-state index in [0.29, 0.717) is 48.1 Å². The number of rotatable bonds is 2. The van der Waals surface area contributed by atoms with Crippen LogP contribution >= 0.6 is 0 Å². The maximum atomic E-state index is 13.4. The van der Waals surface area contributed by atoms with Crippen molar-refractivity contribution in [2.75, 3.05) is 26.7 Å². The van der Waals surface area contributed by atoms with Crippen LogP contribution in [0.5, 0.6) is 17.2 Å². The quantitative estimate of drug-likeness (QED) is 0.455. The number of para-hydroxylation sites is 2. The Hall–Kier alpha value is -4.01. The number of hydrogen-bond donors (Lipinski definition) is 0. The van der Waals surface area contributed by atoms with Crippen LogP contribution in [-0.2, 0) is 6.18 Å². The van der Waals surface area contributed by atoms with Gasteiger partial charge in [-0.3, -0.25) is 4.79 Å². The summed E-state index contributed by atoms with van der Waals surface area (Å²) in [5, 5.41) is 0. The first kappa shape index (κ1) is 23.7. The van der Waals surface area contributed by atoms with Gasteiger partial charge in [0.05, 0.1) is 23.8 Å². The van der Waals surface area contributed by atoms with Gasteiger partial charge in [-0.2, -0.15) is 13.2 Å². The van der Waals surface area contributed by atoms with Crippen molar-refractivity contribution in [3.8, 4) is 17.2 Å². The lowest BCUT2D eigenvalue weighted by Crippen LogP contribution is -2.55. The average Bonchev–Trinajstić information content (AvgIpc) is 3.04. The molecule has 0 spiro atoms. The SMILES string of the molecule is COc1ccccc1C(=O)N1CCN(C2=Nc3cc(C(F)(F)F)ccc3Oc3ccccc32)CC1C. The maximum absolute atomic E-state index is 13.4. The van der Waals surface area contributed by atoms with E-state index < -0.39 is 11.7 Å². The highest BCUT2D eigenvalue weighted by molar-refractivity contribution is 6.04. The zero-order chi connectivity index (χ0) is 25.4. The number of amides is 1. The van der Waals surface area contributed by atoms with E-state index in [1.165, 1.54) is 13.2 Å². The van der Waals surface area contributed by atoms with Crippen molar-refractivity contribution < 1.29 is 27.4 Å². The summed E-state index contributed by atoms with van der Waals surface area (Å²) >= 11 is 0. The molecule has 1 atom stereocenters. The van der Waals surface area contributed by atoms with E-state index in [2.05, 4.69) is 4.99 Å². The van der Waals surface area contributed by atoms with Gasteiger partial charge in [0.25, 0.3) is 5.91 Å². The van der Waals surface area contributed by atoms with Crippen molar-refractivity contribution >= 4 is 17.4 Å². The van der Waals surface area contributed by atoms with Gasteiger partial charge in [0.2, 0.25) is 0 Å². The molecule has 0 aliphatic carbocycles. The van der Waals surface area contributed by atoms with Gasteiger partial charge in [0, 0.05) is 25.7 Å². The summed E-state index contributed by atoms with van der Waals surface area (Å²) in [6, 6.07) is 17.4. The van der Waals surface area contributed by atoms with Gasteiger partial charge in [-0.25, -0.2) is 4.99 Å². The lowest BCUT2D eigenvalue weighted by Gasteiger charge is -2.41. The molecule has 36 heavy (non-hydrogen) atoms. The summed E-state index contributed by atoms with van der Waals surface area (Å²) in [6.07, 6.45) is -4.50. The van der Waals surface area contributed by atoms with E-state index in [1.54, 1.807) is 35.2 Å². The molecule has 1 saturated heterocycles. The maximum Gasteiger partial charge on any atom is 0.416 e. The third-order valence-electron chi connectivity index (χ3n) is 6.39. The molecule has 3 aromatic rings. The first-order valence-electron chi connectivity index (χ1n) is 11.5. The second-order valence-electron chi connectivity index (χ2n) is 8.71. The molecule has 186 valence electrons. The number of aliphatic imine (C=N–C) groups is 1. The molecule has 3 aromatic carbocycles. The van der Waals surface area contributed by atoms with E-state index >= 15 is 0 Å². The summed E-state index contributed by atoms with van der Waals surface area (Å²) in [5.74, 6) is 1.65. The first-order valence-corrected chi connectivity index (χ1v) is 11.5. The van der Waals surface area contributed by atoms with Gasteiger partial charge in [-0.15, -0.1) is 0 Å². The van der Waals surface area contributed by atoms with Crippen molar-refractivity contribution in [1.82, 2.24) is 9.80 Å². The molecule has 6 nitrogen and oxygen atoms in total. The number of alkyl halides is 3. The van der Waals surface area contributed by atoms with Crippen LogP contribution in [0.3, 0.4) is 0 Å². The molecule has 9 heteroatoms. The molecule has 0 saturated carbocycles. The minimum Gasteiger partial charge on any atom is -0.496 e. The molecule has 5 rings (SSSR count). The summed E-state index contributed by atoms with van der Waals surface area (Å²) in [5.41, 5.74) is 0.481. The van der Waals surface area contributed by atoms with Gasteiger partial charge >= 0.3 is 6.18 Å². The van der Waals surface area contributed by atoms with E-state index in [0.717, 1.165) is 12.1 Å². The fraction of sp³-hybridized carbons (Fsp3) is 0.259. The standard InChI is InChI=1S/C27H24F3N3O3/c1-17-16-32(13-14-33(17)26(34)20-8-4-5-9-22(20)35-2)25-19-7-3-6-10-23(19)36-24-12-11-18(27(28,29)30)15-21(24)31-25/h3-12,15,17H,13-14,16H2,1-2H3. The highest BCUT2D eigenvalue weighted by Crippen LogP contribution is 2.42. The molecule has 0 N–H and O–H groups in total. The molecule has 0 aromatic heterocycles. The average molecular weight is 496 g/mol. The van der Waals surface area contributed by atoms with Crippen molar-refractivity contribution in [1.29, 1.82) is 0 Å². The predicted molar refractivity (Wildman–Crippen MR) is 129 cm³/mol. The first-order chi connectivity index (χ1) is 17.3. The van der Waals surface area contributed by atoms with Crippen LogP contribution in [0.1, 0.15) is 28.4 Å². The van der Waals surface area contributed by atoms with Crippen LogP contribution in [0.15, 0.2) is 71.7 Å². The Morgan fingerprint density at radius 3 is 2.53 bits per heavy atom. The number of benzene rings is 3. The Labute approximate surface area is 206 Å². The Morgan fingerprint density at radius 2 is 1.78 bits per heavy atom. The Balaban J connectivity index is 1.48. The smallest absolute Gasteiger partial charge is 0.416 e. The number of ether oxygens (including phenoxy) is 2. The lowest BCUT2D eigenvalue weighted by atomic mass is 10.1. The highest BCUT2D eigenvalue weighted by Gasteiger charge is 2.34. The van der Waals surface area contributed by atoms with E-state index in [4.69, 9.17) is 9.47 Å².